The second kappa shape index (κ2) is 11.4. The third kappa shape index (κ3) is 6.07. The van der Waals surface area contributed by atoms with Crippen LogP contribution in [0.2, 0.25) is 10.2 Å². The molecule has 0 saturated carbocycles. The highest BCUT2D eigenvalue weighted by Gasteiger charge is 2.26. The van der Waals surface area contributed by atoms with E-state index >= 15 is 0 Å². The van der Waals surface area contributed by atoms with Crippen molar-refractivity contribution < 1.29 is 23.1 Å². The van der Waals surface area contributed by atoms with Crippen molar-refractivity contribution in [2.45, 2.75) is 12.5 Å². The van der Waals surface area contributed by atoms with Crippen LogP contribution < -0.4 is 10.6 Å². The van der Waals surface area contributed by atoms with Gasteiger partial charge >= 0.3 is 6.09 Å². The van der Waals surface area contributed by atoms with Gasteiger partial charge in [0.15, 0.2) is 5.82 Å². The number of benzene rings is 3. The van der Waals surface area contributed by atoms with E-state index in [1.807, 2.05) is 30.3 Å². The molecule has 37 heavy (non-hydrogen) atoms. The maximum absolute atomic E-state index is 14.5. The summed E-state index contributed by atoms with van der Waals surface area (Å²) in [6.07, 6.45) is -0.360. The van der Waals surface area contributed by atoms with Crippen molar-refractivity contribution in [3.05, 3.63) is 105 Å². The number of halogens is 4. The number of rotatable bonds is 7. The van der Waals surface area contributed by atoms with E-state index in [0.29, 0.717) is 16.9 Å². The van der Waals surface area contributed by atoms with Crippen molar-refractivity contribution in [1.82, 2.24) is 15.3 Å². The second-order valence-electron chi connectivity index (χ2n) is 7.91. The zero-order valence-corrected chi connectivity index (χ0v) is 20.8. The fourth-order valence-corrected chi connectivity index (χ4v) is 4.04. The highest BCUT2D eigenvalue weighted by molar-refractivity contribution is 6.32. The van der Waals surface area contributed by atoms with Gasteiger partial charge in [0.2, 0.25) is 0 Å². The van der Waals surface area contributed by atoms with E-state index in [1.165, 1.54) is 7.11 Å². The molecule has 2 amide bonds. The molecule has 0 fully saturated rings. The predicted molar refractivity (Wildman–Crippen MR) is 137 cm³/mol. The smallest absolute Gasteiger partial charge is 0.411 e. The number of carbonyl (C=O) groups excluding carboxylic acids is 2. The Balaban J connectivity index is 1.65. The molecule has 1 aromatic heterocycles. The van der Waals surface area contributed by atoms with Gasteiger partial charge in [-0.25, -0.2) is 18.6 Å². The third-order valence-corrected chi connectivity index (χ3v) is 6.02. The van der Waals surface area contributed by atoms with Crippen LogP contribution in [-0.4, -0.2) is 29.1 Å². The van der Waals surface area contributed by atoms with Gasteiger partial charge in [-0.2, -0.15) is 0 Å². The molecule has 0 spiro atoms. The van der Waals surface area contributed by atoms with Crippen LogP contribution in [0.5, 0.6) is 0 Å². The molecule has 0 saturated heterocycles. The number of aromatic amines is 1. The Hall–Kier alpha value is -3.95. The summed E-state index contributed by atoms with van der Waals surface area (Å²) in [6, 6.07) is 17.0. The maximum atomic E-state index is 14.5. The van der Waals surface area contributed by atoms with Gasteiger partial charge in [-0.3, -0.25) is 10.1 Å². The molecule has 0 unspecified atom stereocenters. The van der Waals surface area contributed by atoms with Crippen LogP contribution in [0.15, 0.2) is 66.7 Å². The van der Waals surface area contributed by atoms with Crippen molar-refractivity contribution in [3.8, 4) is 11.3 Å². The van der Waals surface area contributed by atoms with Gasteiger partial charge in [-0.1, -0.05) is 65.7 Å². The Kier molecular flexibility index (Phi) is 8.05. The predicted octanol–water partition coefficient (Wildman–Crippen LogP) is 6.55. The fourth-order valence-electron chi connectivity index (χ4n) is 3.64. The molecule has 4 aromatic rings. The summed E-state index contributed by atoms with van der Waals surface area (Å²) in [5.74, 6) is -2.92. The number of nitrogens with zero attached hydrogens (tertiary/aromatic N) is 1. The van der Waals surface area contributed by atoms with Crippen molar-refractivity contribution in [1.29, 1.82) is 0 Å². The van der Waals surface area contributed by atoms with Crippen molar-refractivity contribution >= 4 is 40.9 Å². The highest BCUT2D eigenvalue weighted by atomic mass is 35.5. The van der Waals surface area contributed by atoms with Gasteiger partial charge in [-0.15, -0.1) is 0 Å². The van der Waals surface area contributed by atoms with E-state index in [2.05, 4.69) is 25.3 Å². The first-order valence-electron chi connectivity index (χ1n) is 11.0. The molecule has 4 rings (SSSR count). The van der Waals surface area contributed by atoms with Crippen LogP contribution in [0.4, 0.5) is 19.3 Å². The van der Waals surface area contributed by atoms with Crippen molar-refractivity contribution in [2.75, 3.05) is 12.4 Å². The van der Waals surface area contributed by atoms with Gasteiger partial charge in [0.1, 0.15) is 28.1 Å². The summed E-state index contributed by atoms with van der Waals surface area (Å²) in [4.78, 5) is 31.9. The minimum atomic E-state index is -1.16. The summed E-state index contributed by atoms with van der Waals surface area (Å²) in [6.45, 7) is 0. The van der Waals surface area contributed by atoms with Gasteiger partial charge in [0.05, 0.1) is 18.2 Å². The van der Waals surface area contributed by atoms with E-state index in [0.717, 1.165) is 17.7 Å². The molecule has 3 aromatic carbocycles. The standard InChI is InChI=1S/C26H20Cl2F2N4O3/c1-37-26(36)31-16-9-7-15(8-10-16)22-23(28)34-24(33-22)19(13-14-5-3-2-4-6-14)32-25(35)20-18(29)12-11-17(27)21(20)30/h2-12,19H,13H2,1H3,(H,31,36)(H,32,35)(H,33,34)/t19-/m0/s1. The number of carbonyl (C=O) groups is 2. The molecule has 11 heteroatoms. The highest BCUT2D eigenvalue weighted by Crippen LogP contribution is 2.30. The normalized spacial score (nSPS) is 11.6. The van der Waals surface area contributed by atoms with Gasteiger partial charge < -0.3 is 15.0 Å². The topological polar surface area (TPSA) is 96.1 Å². The Morgan fingerprint density at radius 3 is 2.41 bits per heavy atom. The van der Waals surface area contributed by atoms with Gasteiger partial charge in [0, 0.05) is 11.3 Å². The molecule has 3 N–H and O–H groups in total. The van der Waals surface area contributed by atoms with E-state index in [9.17, 15) is 18.4 Å². The molecule has 7 nitrogen and oxygen atoms in total. The third-order valence-electron chi connectivity index (χ3n) is 5.46. The molecule has 0 bridgehead atoms. The Morgan fingerprint density at radius 1 is 1.03 bits per heavy atom. The minimum Gasteiger partial charge on any atom is -0.453 e. The lowest BCUT2D eigenvalue weighted by molar-refractivity contribution is 0.0926. The molecular weight excluding hydrogens is 525 g/mol. The molecule has 0 aliphatic rings. The summed E-state index contributed by atoms with van der Waals surface area (Å²) in [7, 11) is 1.26. The first-order valence-corrected chi connectivity index (χ1v) is 11.7. The number of aromatic nitrogens is 2. The summed E-state index contributed by atoms with van der Waals surface area (Å²) >= 11 is 12.2. The van der Waals surface area contributed by atoms with Crippen LogP contribution in [-0.2, 0) is 11.2 Å². The largest absolute Gasteiger partial charge is 0.453 e. The average molecular weight is 545 g/mol. The zero-order chi connectivity index (χ0) is 26.5. The second-order valence-corrected chi connectivity index (χ2v) is 8.70. The lowest BCUT2D eigenvalue weighted by Gasteiger charge is -2.18. The van der Waals surface area contributed by atoms with E-state index in [-0.39, 0.29) is 22.4 Å². The summed E-state index contributed by atoms with van der Waals surface area (Å²) < 4.78 is 33.4. The van der Waals surface area contributed by atoms with E-state index in [4.69, 9.17) is 23.2 Å². The minimum absolute atomic E-state index is 0.191. The Bertz CT molecular complexity index is 1430. The van der Waals surface area contributed by atoms with E-state index < -0.39 is 35.2 Å². The number of nitrogens with one attached hydrogen (secondary N) is 3. The SMILES string of the molecule is COC(=O)Nc1ccc(-c2nc([C@H](Cc3ccccc3)NC(=O)c3c(F)ccc(Cl)c3F)[nH]c2Cl)cc1. The number of anilines is 1. The van der Waals surface area contributed by atoms with Crippen LogP contribution in [0.3, 0.4) is 0 Å². The molecule has 0 aliphatic heterocycles. The van der Waals surface area contributed by atoms with Crippen molar-refractivity contribution in [2.24, 2.45) is 0 Å². The van der Waals surface area contributed by atoms with Crippen LogP contribution in [0, 0.1) is 11.6 Å². The summed E-state index contributed by atoms with van der Waals surface area (Å²) in [5.41, 5.74) is 1.56. The first kappa shape index (κ1) is 26.1. The number of amides is 2. The molecule has 0 radical (unpaired) electrons. The molecule has 1 atom stereocenters. The van der Waals surface area contributed by atoms with Crippen molar-refractivity contribution in [3.63, 3.8) is 0 Å². The lowest BCUT2D eigenvalue weighted by Crippen LogP contribution is -2.32. The number of ether oxygens (including phenoxy) is 1. The monoisotopic (exact) mass is 544 g/mol. The van der Waals surface area contributed by atoms with Crippen LogP contribution in [0.25, 0.3) is 11.3 Å². The first-order chi connectivity index (χ1) is 17.8. The molecular formula is C26H20Cl2F2N4O3. The molecule has 0 aliphatic carbocycles. The number of methoxy groups -OCH3 is 1. The van der Waals surface area contributed by atoms with Crippen LogP contribution >= 0.6 is 23.2 Å². The van der Waals surface area contributed by atoms with Gasteiger partial charge in [0.25, 0.3) is 5.91 Å². The quantitative estimate of drug-likeness (QED) is 0.230. The molecule has 1 heterocycles. The lowest BCUT2D eigenvalue weighted by atomic mass is 10.0. The van der Waals surface area contributed by atoms with E-state index in [1.54, 1.807) is 24.3 Å². The Labute approximate surface area is 220 Å². The number of imidazole rings is 1. The summed E-state index contributed by atoms with van der Waals surface area (Å²) in [5, 5.41) is 5.01. The number of H-pyrrole nitrogens is 1. The maximum Gasteiger partial charge on any atom is 0.411 e. The zero-order valence-electron chi connectivity index (χ0n) is 19.3. The number of hydrogen-bond donors (Lipinski definition) is 3. The molecule has 190 valence electrons. The van der Waals surface area contributed by atoms with Gasteiger partial charge in [-0.05, 0) is 36.2 Å². The van der Waals surface area contributed by atoms with Crippen LogP contribution in [0.1, 0.15) is 27.8 Å². The Morgan fingerprint density at radius 2 is 1.73 bits per heavy atom. The number of hydrogen-bond acceptors (Lipinski definition) is 4. The average Bonchev–Trinajstić information content (AvgIpc) is 3.28. The fraction of sp³-hybridized carbons (Fsp3) is 0.115.